The molecule has 0 radical (unpaired) electrons. The van der Waals surface area contributed by atoms with Gasteiger partial charge in [-0.1, -0.05) is 64.4 Å². The molecule has 3 aromatic carbocycles. The number of ether oxygens (including phenoxy) is 1. The Balaban J connectivity index is 1.94. The third-order valence-electron chi connectivity index (χ3n) is 6.00. The maximum absolute atomic E-state index is 11.5. The van der Waals surface area contributed by atoms with Crippen molar-refractivity contribution in [1.82, 2.24) is 15.0 Å². The van der Waals surface area contributed by atoms with Crippen molar-refractivity contribution in [2.45, 2.75) is 45.4 Å². The van der Waals surface area contributed by atoms with Gasteiger partial charge in [0, 0.05) is 16.0 Å². The highest BCUT2D eigenvalue weighted by Gasteiger charge is 2.31. The molecule has 0 unspecified atom stereocenters. The molecule has 0 saturated heterocycles. The van der Waals surface area contributed by atoms with E-state index in [0.29, 0.717) is 21.7 Å². The fourth-order valence-electron chi connectivity index (χ4n) is 3.84. The summed E-state index contributed by atoms with van der Waals surface area (Å²) in [7, 11) is 1.65. The van der Waals surface area contributed by atoms with Crippen LogP contribution in [-0.4, -0.2) is 27.2 Å². The van der Waals surface area contributed by atoms with Gasteiger partial charge in [-0.3, -0.25) is 0 Å². The van der Waals surface area contributed by atoms with Crippen LogP contribution >= 0.6 is 11.6 Å². The molecule has 4 rings (SSSR count). The Morgan fingerprint density at radius 1 is 0.844 bits per heavy atom. The van der Waals surface area contributed by atoms with Crippen molar-refractivity contribution in [2.24, 2.45) is 0 Å². The highest BCUT2D eigenvalue weighted by molar-refractivity contribution is 6.31. The summed E-state index contributed by atoms with van der Waals surface area (Å²) >= 11 is 6.13. The standard InChI is InChI=1S/C26H28ClN3O2/c1-25(2,3)17-13-20(26(4,5)16-7-10-19(32-6)11-8-16)24(31)23(14-17)30-28-21-12-9-18(27)15-22(21)29-30/h7-15,31H,1-6H3. The lowest BCUT2D eigenvalue weighted by Crippen LogP contribution is -2.22. The first-order valence-electron chi connectivity index (χ1n) is 10.6. The number of rotatable bonds is 4. The number of benzene rings is 3. The Bertz CT molecular complexity index is 1290. The molecule has 0 spiro atoms. The number of fused-ring (bicyclic) bond motifs is 1. The molecule has 0 fully saturated rings. The van der Waals surface area contributed by atoms with Crippen LogP contribution in [0.5, 0.6) is 11.5 Å². The van der Waals surface area contributed by atoms with Gasteiger partial charge in [0.1, 0.15) is 28.2 Å². The fraction of sp³-hybridized carbons (Fsp3) is 0.308. The zero-order chi connectivity index (χ0) is 23.3. The van der Waals surface area contributed by atoms with Gasteiger partial charge in [-0.05, 0) is 52.9 Å². The first kappa shape index (κ1) is 22.2. The minimum atomic E-state index is -0.470. The van der Waals surface area contributed by atoms with E-state index in [-0.39, 0.29) is 11.2 Å². The molecular weight excluding hydrogens is 422 g/mol. The summed E-state index contributed by atoms with van der Waals surface area (Å²) < 4.78 is 5.31. The number of phenols is 1. The van der Waals surface area contributed by atoms with Crippen LogP contribution in [0.3, 0.4) is 0 Å². The minimum Gasteiger partial charge on any atom is -0.505 e. The molecule has 0 bridgehead atoms. The maximum atomic E-state index is 11.5. The van der Waals surface area contributed by atoms with Gasteiger partial charge in [0.15, 0.2) is 0 Å². The van der Waals surface area contributed by atoms with Crippen LogP contribution in [0.25, 0.3) is 16.7 Å². The van der Waals surface area contributed by atoms with E-state index in [1.807, 2.05) is 36.4 Å². The number of hydrogen-bond acceptors (Lipinski definition) is 4. The number of aromatic nitrogens is 3. The molecule has 1 aromatic heterocycles. The molecule has 166 valence electrons. The van der Waals surface area contributed by atoms with E-state index >= 15 is 0 Å². The van der Waals surface area contributed by atoms with Crippen LogP contribution in [0.4, 0.5) is 0 Å². The fourth-order valence-corrected chi connectivity index (χ4v) is 4.01. The van der Waals surface area contributed by atoms with E-state index in [0.717, 1.165) is 22.4 Å². The lowest BCUT2D eigenvalue weighted by molar-refractivity contribution is 0.414. The molecule has 0 aliphatic rings. The van der Waals surface area contributed by atoms with Crippen molar-refractivity contribution in [3.8, 4) is 17.2 Å². The van der Waals surface area contributed by atoms with Crippen LogP contribution in [0.1, 0.15) is 51.3 Å². The van der Waals surface area contributed by atoms with Gasteiger partial charge in [0.25, 0.3) is 0 Å². The Morgan fingerprint density at radius 3 is 2.12 bits per heavy atom. The molecule has 1 heterocycles. The average Bonchev–Trinajstić information content (AvgIpc) is 3.15. The van der Waals surface area contributed by atoms with E-state index in [1.54, 1.807) is 19.2 Å². The topological polar surface area (TPSA) is 60.2 Å². The zero-order valence-corrected chi connectivity index (χ0v) is 20.0. The number of phenolic OH excluding ortho intramolecular Hbond substituents is 1. The van der Waals surface area contributed by atoms with Crippen molar-refractivity contribution in [1.29, 1.82) is 0 Å². The summed E-state index contributed by atoms with van der Waals surface area (Å²) in [5, 5.41) is 21.2. The number of hydrogen-bond donors (Lipinski definition) is 1. The summed E-state index contributed by atoms with van der Waals surface area (Å²) in [5.74, 6) is 0.953. The highest BCUT2D eigenvalue weighted by atomic mass is 35.5. The molecular formula is C26H28ClN3O2. The molecule has 0 aliphatic heterocycles. The van der Waals surface area contributed by atoms with Gasteiger partial charge >= 0.3 is 0 Å². The van der Waals surface area contributed by atoms with E-state index in [4.69, 9.17) is 16.3 Å². The van der Waals surface area contributed by atoms with Crippen molar-refractivity contribution < 1.29 is 9.84 Å². The molecule has 0 atom stereocenters. The molecule has 6 heteroatoms. The molecule has 0 saturated carbocycles. The van der Waals surface area contributed by atoms with Crippen molar-refractivity contribution in [3.05, 3.63) is 76.3 Å². The smallest absolute Gasteiger partial charge is 0.147 e. The van der Waals surface area contributed by atoms with Crippen molar-refractivity contribution in [2.75, 3.05) is 7.11 Å². The second kappa shape index (κ2) is 7.82. The average molecular weight is 450 g/mol. The Labute approximate surface area is 193 Å². The lowest BCUT2D eigenvalue weighted by Gasteiger charge is -2.30. The first-order chi connectivity index (χ1) is 15.0. The van der Waals surface area contributed by atoms with Crippen molar-refractivity contribution >= 4 is 22.6 Å². The highest BCUT2D eigenvalue weighted by Crippen LogP contribution is 2.42. The first-order valence-corrected chi connectivity index (χ1v) is 10.9. The second-order valence-corrected chi connectivity index (χ2v) is 10.1. The Kier molecular flexibility index (Phi) is 5.41. The third-order valence-corrected chi connectivity index (χ3v) is 6.23. The Morgan fingerprint density at radius 2 is 1.50 bits per heavy atom. The number of methoxy groups -OCH3 is 1. The van der Waals surface area contributed by atoms with Gasteiger partial charge in [0.05, 0.1) is 7.11 Å². The lowest BCUT2D eigenvalue weighted by atomic mass is 9.75. The monoisotopic (exact) mass is 449 g/mol. The normalized spacial score (nSPS) is 12.3. The summed E-state index contributed by atoms with van der Waals surface area (Å²) in [6.45, 7) is 10.7. The van der Waals surface area contributed by atoms with Gasteiger partial charge in [0.2, 0.25) is 0 Å². The van der Waals surface area contributed by atoms with E-state index < -0.39 is 5.41 Å². The van der Waals surface area contributed by atoms with Gasteiger partial charge in [-0.2, -0.15) is 0 Å². The number of nitrogens with zero attached hydrogens (tertiary/aromatic N) is 3. The van der Waals surface area contributed by atoms with Gasteiger partial charge in [-0.15, -0.1) is 15.0 Å². The number of aromatic hydroxyl groups is 1. The SMILES string of the molecule is COc1ccc(C(C)(C)c2cc(C(C)(C)C)cc(-n3nc4ccc(Cl)cc4n3)c2O)cc1. The summed E-state index contributed by atoms with van der Waals surface area (Å²) in [6, 6.07) is 17.4. The van der Waals surface area contributed by atoms with Crippen LogP contribution in [-0.2, 0) is 10.8 Å². The molecule has 1 N–H and O–H groups in total. The van der Waals surface area contributed by atoms with Crippen LogP contribution in [0, 0.1) is 0 Å². The van der Waals surface area contributed by atoms with Crippen LogP contribution < -0.4 is 4.74 Å². The maximum Gasteiger partial charge on any atom is 0.147 e. The predicted octanol–water partition coefficient (Wildman–Crippen LogP) is 6.41. The van der Waals surface area contributed by atoms with E-state index in [2.05, 4.69) is 50.9 Å². The molecule has 5 nitrogen and oxygen atoms in total. The number of halogens is 1. The molecule has 0 aliphatic carbocycles. The molecule has 0 amide bonds. The van der Waals surface area contributed by atoms with Crippen LogP contribution in [0.2, 0.25) is 5.02 Å². The van der Waals surface area contributed by atoms with Crippen molar-refractivity contribution in [3.63, 3.8) is 0 Å². The minimum absolute atomic E-state index is 0.136. The third kappa shape index (κ3) is 3.93. The van der Waals surface area contributed by atoms with Crippen LogP contribution in [0.15, 0.2) is 54.6 Å². The second-order valence-electron chi connectivity index (χ2n) is 9.62. The van der Waals surface area contributed by atoms with Gasteiger partial charge in [-0.25, -0.2) is 0 Å². The van der Waals surface area contributed by atoms with E-state index in [1.165, 1.54) is 4.80 Å². The summed E-state index contributed by atoms with van der Waals surface area (Å²) in [6.07, 6.45) is 0. The Hall–Kier alpha value is -3.05. The largest absolute Gasteiger partial charge is 0.505 e. The van der Waals surface area contributed by atoms with E-state index in [9.17, 15) is 5.11 Å². The zero-order valence-electron chi connectivity index (χ0n) is 19.3. The van der Waals surface area contributed by atoms with Gasteiger partial charge < -0.3 is 9.84 Å². The summed E-state index contributed by atoms with van der Waals surface area (Å²) in [4.78, 5) is 1.50. The molecule has 32 heavy (non-hydrogen) atoms. The summed E-state index contributed by atoms with van der Waals surface area (Å²) in [5.41, 5.74) is 4.29. The quantitative estimate of drug-likeness (QED) is 0.391. The predicted molar refractivity (Wildman–Crippen MR) is 129 cm³/mol. The molecule has 4 aromatic rings.